The third kappa shape index (κ3) is 5.08. The van der Waals surface area contributed by atoms with E-state index in [4.69, 9.17) is 0 Å². The van der Waals surface area contributed by atoms with Crippen molar-refractivity contribution in [2.45, 2.75) is 45.1 Å². The maximum Gasteiger partial charge on any atom is 0.264 e. The zero-order valence-electron chi connectivity index (χ0n) is 15.9. The highest BCUT2D eigenvalue weighted by Gasteiger charge is 2.28. The molecule has 0 saturated carbocycles. The molecule has 0 aliphatic rings. The second kappa shape index (κ2) is 7.50. The van der Waals surface area contributed by atoms with Crippen LogP contribution in [0.15, 0.2) is 53.4 Å². The van der Waals surface area contributed by atoms with Gasteiger partial charge in [-0.25, -0.2) is 8.42 Å². The molecule has 2 aromatic rings. The van der Waals surface area contributed by atoms with Crippen molar-refractivity contribution in [2.75, 3.05) is 10.8 Å². The molecule has 2 rings (SSSR count). The van der Waals surface area contributed by atoms with Crippen molar-refractivity contribution >= 4 is 21.6 Å². The normalized spacial score (nSPS) is 11.9. The third-order valence-corrected chi connectivity index (χ3v) is 5.49. The van der Waals surface area contributed by atoms with Crippen LogP contribution in [0.1, 0.15) is 31.9 Å². The molecular formula is C20H26N2O3S. The van der Waals surface area contributed by atoms with Crippen molar-refractivity contribution in [3.8, 4) is 0 Å². The Balaban J connectivity index is 2.46. The summed E-state index contributed by atoms with van der Waals surface area (Å²) in [6.45, 7) is 9.07. The van der Waals surface area contributed by atoms with E-state index in [1.165, 1.54) is 0 Å². The van der Waals surface area contributed by atoms with Gasteiger partial charge in [-0.05, 0) is 64.4 Å². The van der Waals surface area contributed by atoms with Crippen LogP contribution in [-0.2, 0) is 14.8 Å². The Labute approximate surface area is 156 Å². The molecule has 0 heterocycles. The molecule has 0 saturated heterocycles. The van der Waals surface area contributed by atoms with Gasteiger partial charge in [0.15, 0.2) is 0 Å². The number of nitrogens with zero attached hydrogens (tertiary/aromatic N) is 1. The highest BCUT2D eigenvalue weighted by atomic mass is 32.2. The SMILES string of the molecule is Cc1ccc(S(=O)(=O)N(CC(=O)NC(C)(C)C)c2cccc(C)c2)cc1. The summed E-state index contributed by atoms with van der Waals surface area (Å²) < 4.78 is 27.6. The summed E-state index contributed by atoms with van der Waals surface area (Å²) in [5.41, 5.74) is 1.91. The van der Waals surface area contributed by atoms with Crippen LogP contribution < -0.4 is 9.62 Å². The van der Waals surface area contributed by atoms with Crippen LogP contribution in [0.4, 0.5) is 5.69 Å². The summed E-state index contributed by atoms with van der Waals surface area (Å²) in [5, 5.41) is 2.82. The monoisotopic (exact) mass is 374 g/mol. The lowest BCUT2D eigenvalue weighted by atomic mass is 10.1. The summed E-state index contributed by atoms with van der Waals surface area (Å²) in [5.74, 6) is -0.352. The average Bonchev–Trinajstić information content (AvgIpc) is 2.51. The van der Waals surface area contributed by atoms with Crippen molar-refractivity contribution < 1.29 is 13.2 Å². The van der Waals surface area contributed by atoms with Gasteiger partial charge in [-0.15, -0.1) is 0 Å². The summed E-state index contributed by atoms with van der Waals surface area (Å²) in [4.78, 5) is 12.6. The molecule has 0 aromatic heterocycles. The Morgan fingerprint density at radius 2 is 1.62 bits per heavy atom. The smallest absolute Gasteiger partial charge is 0.264 e. The van der Waals surface area contributed by atoms with Gasteiger partial charge in [0.2, 0.25) is 5.91 Å². The number of benzene rings is 2. The molecular weight excluding hydrogens is 348 g/mol. The minimum Gasteiger partial charge on any atom is -0.350 e. The van der Waals surface area contributed by atoms with E-state index in [2.05, 4.69) is 5.32 Å². The Hall–Kier alpha value is -2.34. The third-order valence-electron chi connectivity index (χ3n) is 3.70. The first-order chi connectivity index (χ1) is 12.0. The quantitative estimate of drug-likeness (QED) is 0.872. The molecule has 1 amide bonds. The number of amides is 1. The van der Waals surface area contributed by atoms with E-state index >= 15 is 0 Å². The largest absolute Gasteiger partial charge is 0.350 e. The molecule has 0 radical (unpaired) electrons. The summed E-state index contributed by atoms with van der Waals surface area (Å²) >= 11 is 0. The van der Waals surface area contributed by atoms with Crippen LogP contribution in [0.25, 0.3) is 0 Å². The first kappa shape index (κ1) is 20.0. The zero-order chi connectivity index (χ0) is 19.5. The van der Waals surface area contributed by atoms with Crippen LogP contribution in [0.2, 0.25) is 0 Å². The van der Waals surface area contributed by atoms with E-state index in [-0.39, 0.29) is 17.3 Å². The van der Waals surface area contributed by atoms with E-state index in [0.29, 0.717) is 5.69 Å². The van der Waals surface area contributed by atoms with Crippen molar-refractivity contribution in [1.29, 1.82) is 0 Å². The highest BCUT2D eigenvalue weighted by molar-refractivity contribution is 7.92. The summed E-state index contributed by atoms with van der Waals surface area (Å²) in [6.07, 6.45) is 0. The number of nitrogens with one attached hydrogen (secondary N) is 1. The fraction of sp³-hybridized carbons (Fsp3) is 0.350. The molecule has 0 atom stereocenters. The predicted molar refractivity (Wildman–Crippen MR) is 105 cm³/mol. The van der Waals surface area contributed by atoms with Crippen LogP contribution in [0, 0.1) is 13.8 Å². The Morgan fingerprint density at radius 1 is 1.00 bits per heavy atom. The van der Waals surface area contributed by atoms with E-state index in [1.807, 2.05) is 40.7 Å². The molecule has 0 aliphatic carbocycles. The van der Waals surface area contributed by atoms with Gasteiger partial charge in [0.25, 0.3) is 10.0 Å². The van der Waals surface area contributed by atoms with Gasteiger partial charge < -0.3 is 5.32 Å². The van der Waals surface area contributed by atoms with E-state index in [0.717, 1.165) is 15.4 Å². The Kier molecular flexibility index (Phi) is 5.76. The highest BCUT2D eigenvalue weighted by Crippen LogP contribution is 2.24. The number of hydrogen-bond donors (Lipinski definition) is 1. The Morgan fingerprint density at radius 3 is 2.15 bits per heavy atom. The maximum absolute atomic E-state index is 13.2. The number of carbonyl (C=O) groups is 1. The molecule has 0 spiro atoms. The number of carbonyl (C=O) groups excluding carboxylic acids is 1. The van der Waals surface area contributed by atoms with Gasteiger partial charge in [-0.2, -0.15) is 0 Å². The van der Waals surface area contributed by atoms with Crippen molar-refractivity contribution in [3.05, 3.63) is 59.7 Å². The van der Waals surface area contributed by atoms with Gasteiger partial charge in [0, 0.05) is 5.54 Å². The molecule has 26 heavy (non-hydrogen) atoms. The molecule has 0 aliphatic heterocycles. The van der Waals surface area contributed by atoms with Gasteiger partial charge in [0.05, 0.1) is 10.6 Å². The lowest BCUT2D eigenvalue weighted by Crippen LogP contribution is -2.47. The molecule has 1 N–H and O–H groups in total. The van der Waals surface area contributed by atoms with Gasteiger partial charge in [-0.1, -0.05) is 29.8 Å². The van der Waals surface area contributed by atoms with Gasteiger partial charge in [-0.3, -0.25) is 9.10 Å². The number of sulfonamides is 1. The standard InChI is InChI=1S/C20H26N2O3S/c1-15-9-11-18(12-10-15)26(24,25)22(14-19(23)21-20(3,4)5)17-8-6-7-16(2)13-17/h6-13H,14H2,1-5H3,(H,21,23). The molecule has 0 fully saturated rings. The molecule has 0 bridgehead atoms. The number of aryl methyl sites for hydroxylation is 2. The predicted octanol–water partition coefficient (Wildman–Crippen LogP) is 3.41. The molecule has 0 unspecified atom stereocenters. The topological polar surface area (TPSA) is 66.5 Å². The number of anilines is 1. The van der Waals surface area contributed by atoms with Crippen molar-refractivity contribution in [2.24, 2.45) is 0 Å². The van der Waals surface area contributed by atoms with Crippen LogP contribution in [0.5, 0.6) is 0 Å². The van der Waals surface area contributed by atoms with Crippen LogP contribution in [0.3, 0.4) is 0 Å². The molecule has 6 heteroatoms. The second-order valence-corrected chi connectivity index (χ2v) is 9.32. The fourth-order valence-corrected chi connectivity index (χ4v) is 3.94. The maximum atomic E-state index is 13.2. The first-order valence-electron chi connectivity index (χ1n) is 8.46. The van der Waals surface area contributed by atoms with Crippen LogP contribution in [-0.4, -0.2) is 26.4 Å². The molecule has 5 nitrogen and oxygen atoms in total. The summed E-state index contributed by atoms with van der Waals surface area (Å²) in [6, 6.07) is 13.7. The second-order valence-electron chi connectivity index (χ2n) is 7.46. The number of hydrogen-bond acceptors (Lipinski definition) is 3. The van der Waals surface area contributed by atoms with Gasteiger partial charge >= 0.3 is 0 Å². The number of rotatable bonds is 5. The lowest BCUT2D eigenvalue weighted by molar-refractivity contribution is -0.121. The van der Waals surface area contributed by atoms with Crippen molar-refractivity contribution in [3.63, 3.8) is 0 Å². The van der Waals surface area contributed by atoms with Crippen LogP contribution >= 0.6 is 0 Å². The lowest BCUT2D eigenvalue weighted by Gasteiger charge is -2.27. The first-order valence-corrected chi connectivity index (χ1v) is 9.90. The average molecular weight is 375 g/mol. The molecule has 2 aromatic carbocycles. The van der Waals surface area contributed by atoms with E-state index < -0.39 is 15.6 Å². The minimum absolute atomic E-state index is 0.160. The van der Waals surface area contributed by atoms with Crippen molar-refractivity contribution in [1.82, 2.24) is 5.32 Å². The zero-order valence-corrected chi connectivity index (χ0v) is 16.7. The van der Waals surface area contributed by atoms with E-state index in [1.54, 1.807) is 42.5 Å². The molecule has 140 valence electrons. The van der Waals surface area contributed by atoms with Gasteiger partial charge in [0.1, 0.15) is 6.54 Å². The summed E-state index contributed by atoms with van der Waals surface area (Å²) in [7, 11) is -3.87. The fourth-order valence-electron chi connectivity index (χ4n) is 2.52. The minimum atomic E-state index is -3.87. The van der Waals surface area contributed by atoms with E-state index in [9.17, 15) is 13.2 Å². The Bertz CT molecular complexity index is 882.